The molecule has 0 aliphatic carbocycles. The molecule has 6 heteroatoms. The molecule has 1 atom stereocenters. The standard InChI is InChI=1S/C25H23ClN2O3/c26-24-21(20(13-14-27-24)19-10-5-2-6-11-19)16-23(29)22-12-7-15-28(22)25(30)31-17-18-8-3-1-4-9-18/h1-6,8-11,13-14,22H,7,12,15-17H2/t22-/m0/s1. The number of pyridine rings is 1. The highest BCUT2D eigenvalue weighted by Gasteiger charge is 2.35. The van der Waals surface area contributed by atoms with E-state index in [1.165, 1.54) is 4.90 Å². The number of likely N-dealkylation sites (tertiary alicyclic amines) is 1. The van der Waals surface area contributed by atoms with Crippen LogP contribution in [0.3, 0.4) is 0 Å². The van der Waals surface area contributed by atoms with Gasteiger partial charge in [0.2, 0.25) is 0 Å². The van der Waals surface area contributed by atoms with Gasteiger partial charge >= 0.3 is 6.09 Å². The number of carbonyl (C=O) groups is 2. The summed E-state index contributed by atoms with van der Waals surface area (Å²) in [7, 11) is 0. The number of ether oxygens (including phenoxy) is 1. The van der Waals surface area contributed by atoms with Gasteiger partial charge in [-0.25, -0.2) is 9.78 Å². The molecule has 2 aromatic carbocycles. The Morgan fingerprint density at radius 3 is 2.48 bits per heavy atom. The van der Waals surface area contributed by atoms with Gasteiger partial charge in [-0.2, -0.15) is 0 Å². The minimum absolute atomic E-state index is 0.0544. The van der Waals surface area contributed by atoms with Crippen LogP contribution in [0, 0.1) is 0 Å². The smallest absolute Gasteiger partial charge is 0.410 e. The van der Waals surface area contributed by atoms with Gasteiger partial charge in [-0.1, -0.05) is 72.3 Å². The molecule has 1 aromatic heterocycles. The van der Waals surface area contributed by atoms with Gasteiger partial charge in [-0.05, 0) is 35.6 Å². The van der Waals surface area contributed by atoms with Crippen LogP contribution in [-0.2, 0) is 22.6 Å². The summed E-state index contributed by atoms with van der Waals surface area (Å²) in [6.07, 6.45) is 2.69. The van der Waals surface area contributed by atoms with E-state index in [0.29, 0.717) is 23.7 Å². The topological polar surface area (TPSA) is 59.5 Å². The summed E-state index contributed by atoms with van der Waals surface area (Å²) in [6, 6.07) is 20.6. The Kier molecular flexibility index (Phi) is 6.63. The lowest BCUT2D eigenvalue weighted by Crippen LogP contribution is -2.41. The first-order valence-electron chi connectivity index (χ1n) is 10.3. The van der Waals surface area contributed by atoms with Crippen molar-refractivity contribution in [2.75, 3.05) is 6.54 Å². The van der Waals surface area contributed by atoms with Crippen LogP contribution in [0.25, 0.3) is 11.1 Å². The van der Waals surface area contributed by atoms with Crippen molar-refractivity contribution in [2.45, 2.75) is 31.9 Å². The SMILES string of the molecule is O=C(Cc1c(-c2ccccc2)ccnc1Cl)[C@@H]1CCCN1C(=O)OCc1ccccc1. The fourth-order valence-electron chi connectivity index (χ4n) is 3.94. The molecule has 0 unspecified atom stereocenters. The Bertz CT molecular complexity index is 1060. The van der Waals surface area contributed by atoms with Crippen LogP contribution >= 0.6 is 11.6 Å². The predicted octanol–water partition coefficient (Wildman–Crippen LogP) is 5.31. The average Bonchev–Trinajstić information content (AvgIpc) is 3.30. The fraction of sp³-hybridized carbons (Fsp3) is 0.240. The van der Waals surface area contributed by atoms with Gasteiger partial charge in [0.05, 0.1) is 6.04 Å². The fourth-order valence-corrected chi connectivity index (χ4v) is 4.16. The van der Waals surface area contributed by atoms with Crippen molar-refractivity contribution < 1.29 is 14.3 Å². The van der Waals surface area contributed by atoms with E-state index in [1.54, 1.807) is 6.20 Å². The lowest BCUT2D eigenvalue weighted by atomic mass is 9.95. The van der Waals surface area contributed by atoms with E-state index in [4.69, 9.17) is 16.3 Å². The molecule has 0 bridgehead atoms. The molecule has 5 nitrogen and oxygen atoms in total. The molecule has 158 valence electrons. The van der Waals surface area contributed by atoms with Crippen molar-refractivity contribution in [1.82, 2.24) is 9.88 Å². The second-order valence-electron chi connectivity index (χ2n) is 7.53. The van der Waals surface area contributed by atoms with Crippen LogP contribution in [-0.4, -0.2) is 34.3 Å². The first-order chi connectivity index (χ1) is 15.1. The van der Waals surface area contributed by atoms with Gasteiger partial charge in [0.25, 0.3) is 0 Å². The van der Waals surface area contributed by atoms with Crippen LogP contribution in [0.1, 0.15) is 24.0 Å². The molecule has 2 heterocycles. The maximum absolute atomic E-state index is 13.2. The minimum atomic E-state index is -0.511. The highest BCUT2D eigenvalue weighted by molar-refractivity contribution is 6.30. The molecule has 3 aromatic rings. The summed E-state index contributed by atoms with van der Waals surface area (Å²) in [5.74, 6) is -0.0544. The Balaban J connectivity index is 1.48. The highest BCUT2D eigenvalue weighted by Crippen LogP contribution is 2.30. The molecular weight excluding hydrogens is 412 g/mol. The van der Waals surface area contributed by atoms with Crippen LogP contribution in [0.2, 0.25) is 5.15 Å². The molecule has 1 fully saturated rings. The van der Waals surface area contributed by atoms with E-state index in [2.05, 4.69) is 4.98 Å². The van der Waals surface area contributed by atoms with Crippen LogP contribution < -0.4 is 0 Å². The summed E-state index contributed by atoms with van der Waals surface area (Å²) in [4.78, 5) is 31.6. The summed E-state index contributed by atoms with van der Waals surface area (Å²) < 4.78 is 5.46. The van der Waals surface area contributed by atoms with Crippen molar-refractivity contribution in [3.8, 4) is 11.1 Å². The lowest BCUT2D eigenvalue weighted by Gasteiger charge is -2.23. The van der Waals surface area contributed by atoms with Gasteiger partial charge in [-0.3, -0.25) is 9.69 Å². The Labute approximate surface area is 186 Å². The molecule has 4 rings (SSSR count). The van der Waals surface area contributed by atoms with Gasteiger partial charge < -0.3 is 4.74 Å². The summed E-state index contributed by atoms with van der Waals surface area (Å²) >= 11 is 6.38. The second-order valence-corrected chi connectivity index (χ2v) is 7.89. The number of Topliss-reactive ketones (excluding diaryl/α,β-unsaturated/α-hetero) is 1. The number of carbonyl (C=O) groups excluding carboxylic acids is 2. The maximum Gasteiger partial charge on any atom is 0.410 e. The zero-order valence-electron chi connectivity index (χ0n) is 17.0. The number of rotatable bonds is 6. The van der Waals surface area contributed by atoms with E-state index in [9.17, 15) is 9.59 Å². The molecule has 31 heavy (non-hydrogen) atoms. The largest absolute Gasteiger partial charge is 0.445 e. The second kappa shape index (κ2) is 9.75. The molecule has 0 spiro atoms. The third-order valence-electron chi connectivity index (χ3n) is 5.50. The molecular formula is C25H23ClN2O3. The third-order valence-corrected chi connectivity index (χ3v) is 5.83. The molecule has 1 aliphatic rings. The minimum Gasteiger partial charge on any atom is -0.445 e. The Hall–Kier alpha value is -3.18. The molecule has 0 N–H and O–H groups in total. The van der Waals surface area contributed by atoms with Crippen LogP contribution in [0.4, 0.5) is 4.79 Å². The van der Waals surface area contributed by atoms with Gasteiger partial charge in [0.15, 0.2) is 5.78 Å². The number of benzene rings is 2. The van der Waals surface area contributed by atoms with Crippen molar-refractivity contribution in [2.24, 2.45) is 0 Å². The lowest BCUT2D eigenvalue weighted by molar-refractivity contribution is -0.122. The number of hydrogen-bond acceptors (Lipinski definition) is 4. The number of hydrogen-bond donors (Lipinski definition) is 0. The van der Waals surface area contributed by atoms with E-state index in [0.717, 1.165) is 23.1 Å². The highest BCUT2D eigenvalue weighted by atomic mass is 35.5. The quantitative estimate of drug-likeness (QED) is 0.493. The van der Waals surface area contributed by atoms with E-state index in [-0.39, 0.29) is 18.8 Å². The number of nitrogens with zero attached hydrogens (tertiary/aromatic N) is 2. The maximum atomic E-state index is 13.2. The van der Waals surface area contributed by atoms with Crippen molar-refractivity contribution in [3.63, 3.8) is 0 Å². The monoisotopic (exact) mass is 434 g/mol. The Morgan fingerprint density at radius 2 is 1.74 bits per heavy atom. The zero-order valence-corrected chi connectivity index (χ0v) is 17.8. The van der Waals surface area contributed by atoms with Crippen LogP contribution in [0.5, 0.6) is 0 Å². The van der Waals surface area contributed by atoms with Crippen molar-refractivity contribution >= 4 is 23.5 Å². The zero-order chi connectivity index (χ0) is 21.6. The first kappa shape index (κ1) is 21.1. The van der Waals surface area contributed by atoms with E-state index in [1.807, 2.05) is 66.7 Å². The molecule has 0 radical (unpaired) electrons. The molecule has 1 amide bonds. The van der Waals surface area contributed by atoms with E-state index < -0.39 is 12.1 Å². The predicted molar refractivity (Wildman–Crippen MR) is 120 cm³/mol. The summed E-state index contributed by atoms with van der Waals surface area (Å²) in [5, 5.41) is 0.311. The van der Waals surface area contributed by atoms with Crippen molar-refractivity contribution in [3.05, 3.63) is 89.2 Å². The normalized spacial score (nSPS) is 15.6. The summed E-state index contributed by atoms with van der Waals surface area (Å²) in [5.41, 5.74) is 3.45. The Morgan fingerprint density at radius 1 is 1.03 bits per heavy atom. The van der Waals surface area contributed by atoms with Crippen molar-refractivity contribution in [1.29, 1.82) is 0 Å². The number of aromatic nitrogens is 1. The van der Waals surface area contributed by atoms with E-state index >= 15 is 0 Å². The van der Waals surface area contributed by atoms with Gasteiger partial charge in [0.1, 0.15) is 11.8 Å². The molecule has 1 aliphatic heterocycles. The number of ketones is 1. The number of halogens is 1. The van der Waals surface area contributed by atoms with Gasteiger partial charge in [-0.15, -0.1) is 0 Å². The third kappa shape index (κ3) is 4.94. The van der Waals surface area contributed by atoms with Crippen LogP contribution in [0.15, 0.2) is 72.9 Å². The molecule has 0 saturated carbocycles. The number of amides is 1. The first-order valence-corrected chi connectivity index (χ1v) is 10.7. The molecule has 1 saturated heterocycles. The average molecular weight is 435 g/mol. The summed E-state index contributed by atoms with van der Waals surface area (Å²) in [6.45, 7) is 0.694. The van der Waals surface area contributed by atoms with Gasteiger partial charge in [0, 0.05) is 24.7 Å².